The van der Waals surface area contributed by atoms with Crippen molar-refractivity contribution in [1.82, 2.24) is 0 Å². The van der Waals surface area contributed by atoms with E-state index >= 15 is 0 Å². The minimum absolute atomic E-state index is 0.450. The van der Waals surface area contributed by atoms with E-state index in [4.69, 9.17) is 4.74 Å². The van der Waals surface area contributed by atoms with Gasteiger partial charge in [0.25, 0.3) is 0 Å². The molecule has 0 unspecified atom stereocenters. The van der Waals surface area contributed by atoms with Crippen molar-refractivity contribution in [2.45, 2.75) is 33.3 Å². The summed E-state index contributed by atoms with van der Waals surface area (Å²) in [6.45, 7) is 7.03. The molecule has 104 valence electrons. The summed E-state index contributed by atoms with van der Waals surface area (Å²) < 4.78 is 6.12. The van der Waals surface area contributed by atoms with Gasteiger partial charge in [-0.15, -0.1) is 0 Å². The van der Waals surface area contributed by atoms with Gasteiger partial charge in [0.2, 0.25) is 0 Å². The van der Waals surface area contributed by atoms with E-state index in [0.29, 0.717) is 12.5 Å². The van der Waals surface area contributed by atoms with Crippen LogP contribution in [0.2, 0.25) is 0 Å². The van der Waals surface area contributed by atoms with Gasteiger partial charge < -0.3 is 4.74 Å². The van der Waals surface area contributed by atoms with Crippen LogP contribution >= 0.6 is 0 Å². The van der Waals surface area contributed by atoms with Crippen molar-refractivity contribution in [2.75, 3.05) is 0 Å². The molecule has 0 N–H and O–H groups in total. The summed E-state index contributed by atoms with van der Waals surface area (Å²) >= 11 is 0. The van der Waals surface area contributed by atoms with E-state index in [0.717, 1.165) is 11.3 Å². The highest BCUT2D eigenvalue weighted by atomic mass is 16.5. The fourth-order valence-electron chi connectivity index (χ4n) is 2.24. The Bertz CT molecular complexity index is 568. The summed E-state index contributed by atoms with van der Waals surface area (Å²) in [5.41, 5.74) is 3.60. The molecule has 0 fully saturated rings. The predicted molar refractivity (Wildman–Crippen MR) is 86.0 cm³/mol. The highest BCUT2D eigenvalue weighted by molar-refractivity contribution is 5.60. The largest absolute Gasteiger partial charge is 0.488 e. The maximum absolute atomic E-state index is 6.12. The van der Waals surface area contributed by atoms with Crippen LogP contribution in [0.3, 0.4) is 0 Å². The number of benzene rings is 2. The van der Waals surface area contributed by atoms with Gasteiger partial charge in [-0.1, -0.05) is 74.5 Å². The van der Waals surface area contributed by atoms with E-state index in [1.165, 1.54) is 11.1 Å². The molecule has 0 saturated carbocycles. The standard InChI is InChI=1S/C19H22O/c1-4-9-17-12-8-13-18(15(2)3)19(17)20-14-16-10-6-5-7-11-16/h4-13,15H,14H2,1-3H3. The molecule has 0 aliphatic carbocycles. The molecule has 20 heavy (non-hydrogen) atoms. The molecule has 0 heterocycles. The van der Waals surface area contributed by atoms with Crippen LogP contribution in [0.25, 0.3) is 6.08 Å². The summed E-state index contributed by atoms with van der Waals surface area (Å²) in [7, 11) is 0. The Morgan fingerprint density at radius 1 is 1.00 bits per heavy atom. The molecule has 0 radical (unpaired) electrons. The smallest absolute Gasteiger partial charge is 0.130 e. The van der Waals surface area contributed by atoms with Crippen LogP contribution in [0.5, 0.6) is 5.75 Å². The molecule has 0 spiro atoms. The highest BCUT2D eigenvalue weighted by Crippen LogP contribution is 2.31. The Labute approximate surface area is 121 Å². The van der Waals surface area contributed by atoms with Gasteiger partial charge in [-0.3, -0.25) is 0 Å². The van der Waals surface area contributed by atoms with Crippen LogP contribution in [0.1, 0.15) is 43.4 Å². The molecule has 1 heteroatoms. The van der Waals surface area contributed by atoms with E-state index in [1.807, 2.05) is 25.1 Å². The van der Waals surface area contributed by atoms with E-state index in [2.05, 4.69) is 56.3 Å². The van der Waals surface area contributed by atoms with Gasteiger partial charge >= 0.3 is 0 Å². The summed E-state index contributed by atoms with van der Waals surface area (Å²) in [6.07, 6.45) is 4.15. The fourth-order valence-corrected chi connectivity index (χ4v) is 2.24. The average molecular weight is 266 g/mol. The molecule has 0 aliphatic heterocycles. The Kier molecular flexibility index (Phi) is 5.00. The number of hydrogen-bond acceptors (Lipinski definition) is 1. The van der Waals surface area contributed by atoms with Crippen molar-refractivity contribution < 1.29 is 4.74 Å². The number of ether oxygens (including phenoxy) is 1. The summed E-state index contributed by atoms with van der Waals surface area (Å²) in [4.78, 5) is 0. The molecular formula is C19H22O. The van der Waals surface area contributed by atoms with E-state index < -0.39 is 0 Å². The molecule has 0 atom stereocenters. The Morgan fingerprint density at radius 3 is 2.40 bits per heavy atom. The first-order valence-electron chi connectivity index (χ1n) is 7.14. The zero-order valence-corrected chi connectivity index (χ0v) is 12.5. The molecule has 0 aliphatic rings. The minimum atomic E-state index is 0.450. The summed E-state index contributed by atoms with van der Waals surface area (Å²) in [6, 6.07) is 16.6. The van der Waals surface area contributed by atoms with Crippen LogP contribution in [-0.2, 0) is 6.61 Å². The van der Waals surface area contributed by atoms with Gasteiger partial charge in [-0.2, -0.15) is 0 Å². The van der Waals surface area contributed by atoms with Crippen LogP contribution in [-0.4, -0.2) is 0 Å². The molecular weight excluding hydrogens is 244 g/mol. The van der Waals surface area contributed by atoms with Crippen LogP contribution in [0.15, 0.2) is 54.6 Å². The maximum Gasteiger partial charge on any atom is 0.130 e. The highest BCUT2D eigenvalue weighted by Gasteiger charge is 2.11. The van der Waals surface area contributed by atoms with Gasteiger partial charge in [0, 0.05) is 5.56 Å². The fraction of sp³-hybridized carbons (Fsp3) is 0.263. The second-order valence-corrected chi connectivity index (χ2v) is 5.19. The number of para-hydroxylation sites is 1. The quantitative estimate of drug-likeness (QED) is 0.702. The summed E-state index contributed by atoms with van der Waals surface area (Å²) in [5.74, 6) is 1.45. The Morgan fingerprint density at radius 2 is 1.75 bits per heavy atom. The lowest BCUT2D eigenvalue weighted by Crippen LogP contribution is -2.01. The monoisotopic (exact) mass is 266 g/mol. The lowest BCUT2D eigenvalue weighted by Gasteiger charge is -2.16. The van der Waals surface area contributed by atoms with E-state index in [1.54, 1.807) is 0 Å². The van der Waals surface area contributed by atoms with E-state index in [9.17, 15) is 0 Å². The van der Waals surface area contributed by atoms with Gasteiger partial charge in [0.05, 0.1) is 0 Å². The molecule has 2 rings (SSSR count). The topological polar surface area (TPSA) is 9.23 Å². The second-order valence-electron chi connectivity index (χ2n) is 5.19. The predicted octanol–water partition coefficient (Wildman–Crippen LogP) is 5.42. The lowest BCUT2D eigenvalue weighted by molar-refractivity contribution is 0.301. The van der Waals surface area contributed by atoms with Gasteiger partial charge in [-0.05, 0) is 24.0 Å². The van der Waals surface area contributed by atoms with E-state index in [-0.39, 0.29) is 0 Å². The molecule has 0 amide bonds. The van der Waals surface area contributed by atoms with Crippen LogP contribution in [0.4, 0.5) is 0 Å². The SMILES string of the molecule is CC=Cc1cccc(C(C)C)c1OCc1ccccc1. The number of hydrogen-bond donors (Lipinski definition) is 0. The van der Waals surface area contributed by atoms with Crippen molar-refractivity contribution >= 4 is 6.08 Å². The maximum atomic E-state index is 6.12. The normalized spacial score (nSPS) is 11.2. The van der Waals surface area contributed by atoms with Crippen molar-refractivity contribution in [1.29, 1.82) is 0 Å². The summed E-state index contributed by atoms with van der Waals surface area (Å²) in [5, 5.41) is 0. The van der Waals surface area contributed by atoms with Crippen molar-refractivity contribution in [2.24, 2.45) is 0 Å². The zero-order chi connectivity index (χ0) is 14.4. The van der Waals surface area contributed by atoms with Gasteiger partial charge in [0.1, 0.15) is 12.4 Å². The Balaban J connectivity index is 2.28. The molecule has 2 aromatic rings. The molecule has 2 aromatic carbocycles. The third-order valence-corrected chi connectivity index (χ3v) is 3.27. The van der Waals surface area contributed by atoms with Crippen molar-refractivity contribution in [3.8, 4) is 5.75 Å². The van der Waals surface area contributed by atoms with Crippen LogP contribution in [0, 0.1) is 0 Å². The third-order valence-electron chi connectivity index (χ3n) is 3.27. The first-order valence-corrected chi connectivity index (χ1v) is 7.14. The van der Waals surface area contributed by atoms with Gasteiger partial charge in [-0.25, -0.2) is 0 Å². The number of allylic oxidation sites excluding steroid dienone is 1. The first kappa shape index (κ1) is 14.4. The lowest BCUT2D eigenvalue weighted by atomic mass is 9.99. The molecule has 0 aromatic heterocycles. The molecule has 1 nitrogen and oxygen atoms in total. The van der Waals surface area contributed by atoms with Crippen LogP contribution < -0.4 is 4.74 Å². The molecule has 0 bridgehead atoms. The average Bonchev–Trinajstić information content (AvgIpc) is 2.47. The van der Waals surface area contributed by atoms with Gasteiger partial charge in [0.15, 0.2) is 0 Å². The van der Waals surface area contributed by atoms with Crippen molar-refractivity contribution in [3.05, 3.63) is 71.3 Å². The second kappa shape index (κ2) is 6.95. The third kappa shape index (κ3) is 3.51. The molecule has 0 saturated heterocycles. The van der Waals surface area contributed by atoms with Crippen molar-refractivity contribution in [3.63, 3.8) is 0 Å². The minimum Gasteiger partial charge on any atom is -0.488 e. The number of rotatable bonds is 5. The first-order chi connectivity index (χ1) is 9.72. The zero-order valence-electron chi connectivity index (χ0n) is 12.5. The Hall–Kier alpha value is -2.02.